The van der Waals surface area contributed by atoms with E-state index in [2.05, 4.69) is 15.2 Å². The van der Waals surface area contributed by atoms with E-state index in [1.807, 2.05) is 0 Å². The largest absolute Gasteiger partial charge is 0.429 e. The van der Waals surface area contributed by atoms with Gasteiger partial charge in [-0.15, -0.1) is 0 Å². The molecule has 4 N–H and O–H groups in total. The average molecular weight is 275 g/mol. The van der Waals surface area contributed by atoms with Gasteiger partial charge in [-0.1, -0.05) is 0 Å². The average Bonchev–Trinajstić information content (AvgIpc) is 2.84. The highest BCUT2D eigenvalue weighted by Gasteiger charge is 2.61. The fraction of sp³-hybridized carbons (Fsp3) is 0.400. The molecule has 19 heavy (non-hydrogen) atoms. The number of alkyl halides is 3. The van der Waals surface area contributed by atoms with E-state index < -0.39 is 29.0 Å². The number of halogens is 3. The second-order valence-electron chi connectivity index (χ2n) is 4.18. The summed E-state index contributed by atoms with van der Waals surface area (Å²) in [6, 6.07) is 0. The maximum absolute atomic E-state index is 13.4. The lowest BCUT2D eigenvalue weighted by Crippen LogP contribution is -2.46. The van der Waals surface area contributed by atoms with Crippen LogP contribution in [0.2, 0.25) is 0 Å². The molecule has 0 aliphatic rings. The molecule has 0 amide bonds. The van der Waals surface area contributed by atoms with Crippen molar-refractivity contribution in [3.8, 4) is 0 Å². The number of hydrogen-bond donors (Lipinski definition) is 3. The van der Waals surface area contributed by atoms with E-state index in [4.69, 9.17) is 5.73 Å². The van der Waals surface area contributed by atoms with E-state index in [0.717, 1.165) is 10.8 Å². The van der Waals surface area contributed by atoms with Gasteiger partial charge in [0.15, 0.2) is 11.6 Å². The Morgan fingerprint density at radius 2 is 2.05 bits per heavy atom. The van der Waals surface area contributed by atoms with Crippen LogP contribution in [0.4, 0.5) is 19.0 Å². The summed E-state index contributed by atoms with van der Waals surface area (Å²) in [5.74, 6) is -0.989. The third-order valence-electron chi connectivity index (χ3n) is 2.89. The van der Waals surface area contributed by atoms with Gasteiger partial charge in [0.25, 0.3) is 0 Å². The minimum absolute atomic E-state index is 0.0281. The molecular formula is C10H12F3N5O. The lowest BCUT2D eigenvalue weighted by molar-refractivity contribution is -0.251. The topological polar surface area (TPSA) is 92.8 Å². The van der Waals surface area contributed by atoms with Crippen molar-refractivity contribution in [3.63, 3.8) is 0 Å². The predicted molar refractivity (Wildman–Crippen MR) is 60.0 cm³/mol. The zero-order valence-electron chi connectivity index (χ0n) is 10.2. The number of anilines is 1. The minimum atomic E-state index is -4.99. The van der Waals surface area contributed by atoms with Crippen LogP contribution in [-0.2, 0) is 12.6 Å². The van der Waals surface area contributed by atoms with E-state index in [1.165, 1.54) is 20.2 Å². The van der Waals surface area contributed by atoms with E-state index >= 15 is 0 Å². The molecule has 2 aromatic rings. The number of aromatic amines is 1. The molecule has 0 fully saturated rings. The van der Waals surface area contributed by atoms with Gasteiger partial charge in [-0.3, -0.25) is 5.10 Å². The van der Waals surface area contributed by atoms with Crippen molar-refractivity contribution in [1.29, 1.82) is 0 Å². The smallest absolute Gasteiger partial charge is 0.382 e. The van der Waals surface area contributed by atoms with Crippen molar-refractivity contribution in [2.75, 3.05) is 5.73 Å². The first-order chi connectivity index (χ1) is 8.69. The molecule has 0 aliphatic carbocycles. The quantitative estimate of drug-likeness (QED) is 0.757. The molecule has 9 heteroatoms. The van der Waals surface area contributed by atoms with Crippen molar-refractivity contribution < 1.29 is 18.3 Å². The molecule has 104 valence electrons. The first-order valence-electron chi connectivity index (χ1n) is 5.27. The Morgan fingerprint density at radius 1 is 1.42 bits per heavy atom. The number of aliphatic hydroxyl groups is 1. The van der Waals surface area contributed by atoms with Gasteiger partial charge in [-0.2, -0.15) is 18.3 Å². The summed E-state index contributed by atoms with van der Waals surface area (Å²) in [6.07, 6.45) is -2.52. The van der Waals surface area contributed by atoms with Crippen molar-refractivity contribution in [3.05, 3.63) is 29.5 Å². The van der Waals surface area contributed by atoms with Crippen LogP contribution < -0.4 is 5.73 Å². The molecule has 0 aromatic carbocycles. The molecule has 1 atom stereocenters. The van der Waals surface area contributed by atoms with Crippen LogP contribution >= 0.6 is 0 Å². The molecule has 2 heterocycles. The summed E-state index contributed by atoms with van der Waals surface area (Å²) in [5.41, 5.74) is 1.62. The predicted octanol–water partition coefficient (Wildman–Crippen LogP) is 0.832. The number of rotatable bonds is 2. The third kappa shape index (κ3) is 1.77. The SMILES string of the molecule is Cc1[nH]nc(N)c1C(O)(c1nccn1C)C(F)(F)F. The maximum Gasteiger partial charge on any atom is 0.429 e. The van der Waals surface area contributed by atoms with Gasteiger partial charge in [0.05, 0.1) is 5.56 Å². The summed E-state index contributed by atoms with van der Waals surface area (Å²) in [6.45, 7) is 1.35. The second kappa shape index (κ2) is 3.98. The molecule has 0 saturated carbocycles. The fourth-order valence-electron chi connectivity index (χ4n) is 2.00. The standard InChI is InChI=1S/C10H12F3N5O/c1-5-6(7(14)17-16-5)9(19,10(11,12)13)8-15-3-4-18(8)2/h3-4,19H,1-2H3,(H3,14,16,17). The highest BCUT2D eigenvalue weighted by molar-refractivity contribution is 5.50. The number of nitrogens with two attached hydrogens (primary N) is 1. The molecule has 2 aromatic heterocycles. The summed E-state index contributed by atoms with van der Waals surface area (Å²) in [4.78, 5) is 3.59. The zero-order chi connectivity index (χ0) is 14.4. The van der Waals surface area contributed by atoms with Crippen LogP contribution in [0, 0.1) is 6.92 Å². The molecule has 0 aliphatic heterocycles. The lowest BCUT2D eigenvalue weighted by Gasteiger charge is -2.30. The molecule has 0 spiro atoms. The third-order valence-corrected chi connectivity index (χ3v) is 2.89. The van der Waals surface area contributed by atoms with Gasteiger partial charge < -0.3 is 15.4 Å². The molecule has 0 radical (unpaired) electrons. The Bertz CT molecular complexity index is 583. The van der Waals surface area contributed by atoms with E-state index in [-0.39, 0.29) is 5.69 Å². The summed E-state index contributed by atoms with van der Waals surface area (Å²) >= 11 is 0. The number of hydrogen-bond acceptors (Lipinski definition) is 4. The minimum Gasteiger partial charge on any atom is -0.382 e. The summed E-state index contributed by atoms with van der Waals surface area (Å²) < 4.78 is 41.2. The highest BCUT2D eigenvalue weighted by Crippen LogP contribution is 2.45. The zero-order valence-corrected chi connectivity index (χ0v) is 10.2. The van der Waals surface area contributed by atoms with Crippen LogP contribution in [0.15, 0.2) is 12.4 Å². The van der Waals surface area contributed by atoms with E-state index in [1.54, 1.807) is 0 Å². The van der Waals surface area contributed by atoms with Crippen molar-refractivity contribution in [2.24, 2.45) is 7.05 Å². The van der Waals surface area contributed by atoms with Crippen LogP contribution in [0.25, 0.3) is 0 Å². The number of nitrogens with one attached hydrogen (secondary N) is 1. The Balaban J connectivity index is 2.78. The van der Waals surface area contributed by atoms with Gasteiger partial charge in [-0.05, 0) is 6.92 Å². The first-order valence-corrected chi connectivity index (χ1v) is 5.27. The Morgan fingerprint density at radius 3 is 2.42 bits per heavy atom. The number of aryl methyl sites for hydroxylation is 2. The molecule has 0 saturated heterocycles. The number of H-pyrrole nitrogens is 1. The summed E-state index contributed by atoms with van der Waals surface area (Å²) in [5, 5.41) is 16.1. The van der Waals surface area contributed by atoms with Crippen LogP contribution in [0.3, 0.4) is 0 Å². The van der Waals surface area contributed by atoms with Crippen molar-refractivity contribution in [1.82, 2.24) is 19.7 Å². The Hall–Kier alpha value is -2.03. The number of nitrogen functional groups attached to an aromatic ring is 1. The van der Waals surface area contributed by atoms with Crippen molar-refractivity contribution in [2.45, 2.75) is 18.7 Å². The number of aromatic nitrogens is 4. The van der Waals surface area contributed by atoms with Gasteiger partial charge in [0, 0.05) is 25.1 Å². The molecule has 2 rings (SSSR count). The molecule has 6 nitrogen and oxygen atoms in total. The van der Waals surface area contributed by atoms with Crippen LogP contribution in [0.1, 0.15) is 17.1 Å². The van der Waals surface area contributed by atoms with Crippen molar-refractivity contribution >= 4 is 5.82 Å². The van der Waals surface area contributed by atoms with E-state index in [9.17, 15) is 18.3 Å². The molecule has 1 unspecified atom stereocenters. The second-order valence-corrected chi connectivity index (χ2v) is 4.18. The molecule has 0 bridgehead atoms. The molecular weight excluding hydrogens is 263 g/mol. The lowest BCUT2D eigenvalue weighted by atomic mass is 9.91. The first kappa shape index (κ1) is 13.4. The van der Waals surface area contributed by atoms with Gasteiger partial charge in [0.1, 0.15) is 0 Å². The monoisotopic (exact) mass is 275 g/mol. The van der Waals surface area contributed by atoms with Crippen LogP contribution in [0.5, 0.6) is 0 Å². The summed E-state index contributed by atoms with van der Waals surface area (Å²) in [7, 11) is 1.35. The van der Waals surface area contributed by atoms with Gasteiger partial charge in [0.2, 0.25) is 5.60 Å². The van der Waals surface area contributed by atoms with E-state index in [0.29, 0.717) is 0 Å². The number of imidazole rings is 1. The maximum atomic E-state index is 13.4. The van der Waals surface area contributed by atoms with Crippen LogP contribution in [-0.4, -0.2) is 31.0 Å². The highest BCUT2D eigenvalue weighted by atomic mass is 19.4. The Labute approximate surface area is 106 Å². The normalized spacial score (nSPS) is 15.5. The fourth-order valence-corrected chi connectivity index (χ4v) is 2.00. The Kier molecular flexibility index (Phi) is 2.81. The van der Waals surface area contributed by atoms with Gasteiger partial charge >= 0.3 is 6.18 Å². The number of nitrogens with zero attached hydrogens (tertiary/aromatic N) is 3. The van der Waals surface area contributed by atoms with Gasteiger partial charge in [-0.25, -0.2) is 4.98 Å².